The third-order valence-corrected chi connectivity index (χ3v) is 5.77. The Kier molecular flexibility index (Phi) is 6.09. The van der Waals surface area contributed by atoms with Crippen LogP contribution in [-0.4, -0.2) is 32.1 Å². The fraction of sp³-hybridized carbons (Fsp3) is 0.0909. The average molecular weight is 408 g/mol. The molecule has 0 N–H and O–H groups in total. The first-order valence-corrected chi connectivity index (χ1v) is 10.2. The predicted octanol–water partition coefficient (Wildman–Crippen LogP) is 3.86. The quantitative estimate of drug-likeness (QED) is 0.269. The Balaban J connectivity index is 1.97. The van der Waals surface area contributed by atoms with E-state index in [0.717, 1.165) is 38.6 Å². The zero-order chi connectivity index (χ0) is 20.9. The van der Waals surface area contributed by atoms with Crippen LogP contribution in [0.1, 0.15) is 11.1 Å². The van der Waals surface area contributed by atoms with Gasteiger partial charge in [0.05, 0.1) is 18.2 Å². The van der Waals surface area contributed by atoms with E-state index in [4.69, 9.17) is 0 Å². The minimum Gasteiger partial charge on any atom is -0.466 e. The van der Waals surface area contributed by atoms with E-state index in [2.05, 4.69) is 9.84 Å². The van der Waals surface area contributed by atoms with Crippen molar-refractivity contribution in [3.63, 3.8) is 0 Å². The maximum absolute atomic E-state index is 13.0. The number of hydrogen-bond acceptors (Lipinski definition) is 5. The Hall–Kier alpha value is -3.45. The molecule has 29 heavy (non-hydrogen) atoms. The van der Waals surface area contributed by atoms with Crippen molar-refractivity contribution in [2.75, 3.05) is 7.11 Å². The first-order chi connectivity index (χ1) is 13.9. The first kappa shape index (κ1) is 20.3. The maximum atomic E-state index is 13.0. The molecular formula is C22H20N2O4S. The number of esters is 1. The molecule has 0 spiro atoms. The Morgan fingerprint density at radius 3 is 2.38 bits per heavy atom. The molecule has 3 aromatic rings. The summed E-state index contributed by atoms with van der Waals surface area (Å²) in [5.74, 6) is -0.685. The van der Waals surface area contributed by atoms with E-state index in [1.807, 2.05) is 49.4 Å². The van der Waals surface area contributed by atoms with Crippen molar-refractivity contribution < 1.29 is 17.9 Å². The van der Waals surface area contributed by atoms with Crippen molar-refractivity contribution in [2.45, 2.75) is 11.8 Å². The number of rotatable bonds is 6. The molecule has 0 unspecified atom stereocenters. The van der Waals surface area contributed by atoms with Crippen LogP contribution < -0.4 is 0 Å². The molecule has 0 aromatic heterocycles. The van der Waals surface area contributed by atoms with Crippen LogP contribution >= 0.6 is 0 Å². The maximum Gasteiger partial charge on any atom is 0.332 e. The number of carbonyl (C=O) groups is 1. The summed E-state index contributed by atoms with van der Waals surface area (Å²) in [7, 11) is -2.78. The van der Waals surface area contributed by atoms with Gasteiger partial charge in [-0.1, -0.05) is 54.1 Å². The number of hydrazone groups is 1. The van der Waals surface area contributed by atoms with Gasteiger partial charge in [0.15, 0.2) is 0 Å². The van der Waals surface area contributed by atoms with Gasteiger partial charge in [0.2, 0.25) is 0 Å². The molecule has 0 aliphatic rings. The number of aryl methyl sites for hydroxylation is 1. The number of sulfonamides is 1. The van der Waals surface area contributed by atoms with Crippen molar-refractivity contribution in [1.29, 1.82) is 0 Å². The van der Waals surface area contributed by atoms with Crippen LogP contribution in [0.2, 0.25) is 0 Å². The van der Waals surface area contributed by atoms with Gasteiger partial charge in [-0.25, -0.2) is 4.79 Å². The van der Waals surface area contributed by atoms with E-state index in [1.54, 1.807) is 12.1 Å². The fourth-order valence-corrected chi connectivity index (χ4v) is 3.69. The number of benzene rings is 3. The second kappa shape index (κ2) is 8.70. The van der Waals surface area contributed by atoms with Crippen LogP contribution in [0.5, 0.6) is 0 Å². The number of carbonyl (C=O) groups excluding carboxylic acids is 1. The van der Waals surface area contributed by atoms with Gasteiger partial charge < -0.3 is 4.74 Å². The predicted molar refractivity (Wildman–Crippen MR) is 113 cm³/mol. The van der Waals surface area contributed by atoms with E-state index in [9.17, 15) is 13.2 Å². The van der Waals surface area contributed by atoms with Crippen LogP contribution in [0.3, 0.4) is 0 Å². The highest BCUT2D eigenvalue weighted by Crippen LogP contribution is 2.18. The molecule has 0 aliphatic heterocycles. The second-order valence-electron chi connectivity index (χ2n) is 6.28. The van der Waals surface area contributed by atoms with Crippen LogP contribution in [0.4, 0.5) is 0 Å². The zero-order valence-corrected chi connectivity index (χ0v) is 16.8. The summed E-state index contributed by atoms with van der Waals surface area (Å²) in [6.07, 6.45) is 3.50. The van der Waals surface area contributed by atoms with Gasteiger partial charge in [-0.05, 0) is 41.5 Å². The SMILES string of the molecule is COC(=O)/C=C\N(/N=C/c1ccc2ccccc2c1)S(=O)(=O)c1ccc(C)cc1. The lowest BCUT2D eigenvalue weighted by molar-refractivity contribution is -0.134. The number of nitrogens with zero attached hydrogens (tertiary/aromatic N) is 2. The molecule has 0 bridgehead atoms. The van der Waals surface area contributed by atoms with Gasteiger partial charge >= 0.3 is 5.97 Å². The number of ether oxygens (including phenoxy) is 1. The third-order valence-electron chi connectivity index (χ3n) is 4.20. The molecule has 0 heterocycles. The molecule has 3 aromatic carbocycles. The fourth-order valence-electron chi connectivity index (χ4n) is 2.60. The van der Waals surface area contributed by atoms with Gasteiger partial charge in [0.25, 0.3) is 10.0 Å². The Morgan fingerprint density at radius 1 is 1.00 bits per heavy atom. The second-order valence-corrected chi connectivity index (χ2v) is 8.08. The molecule has 0 radical (unpaired) electrons. The Labute approximate surface area is 169 Å². The van der Waals surface area contributed by atoms with Gasteiger partial charge in [0.1, 0.15) is 0 Å². The van der Waals surface area contributed by atoms with Crippen molar-refractivity contribution in [3.8, 4) is 0 Å². The summed E-state index contributed by atoms with van der Waals surface area (Å²) >= 11 is 0. The Bertz CT molecular complexity index is 1180. The van der Waals surface area contributed by atoms with Gasteiger partial charge in [-0.2, -0.15) is 17.9 Å². The van der Waals surface area contributed by atoms with Crippen LogP contribution in [0.25, 0.3) is 10.8 Å². The summed E-state index contributed by atoms with van der Waals surface area (Å²) in [5.41, 5.74) is 1.65. The smallest absolute Gasteiger partial charge is 0.332 e. The molecule has 0 aliphatic carbocycles. The van der Waals surface area contributed by atoms with E-state index in [-0.39, 0.29) is 4.90 Å². The summed E-state index contributed by atoms with van der Waals surface area (Å²) in [6, 6.07) is 19.9. The highest BCUT2D eigenvalue weighted by molar-refractivity contribution is 7.89. The van der Waals surface area contributed by atoms with Crippen LogP contribution in [0, 0.1) is 6.92 Å². The third kappa shape index (κ3) is 4.89. The number of fused-ring (bicyclic) bond motifs is 1. The lowest BCUT2D eigenvalue weighted by Crippen LogP contribution is -2.21. The normalized spacial score (nSPS) is 11.9. The average Bonchev–Trinajstić information content (AvgIpc) is 2.73. The molecule has 6 nitrogen and oxygen atoms in total. The molecule has 0 fully saturated rings. The van der Waals surface area contributed by atoms with Crippen molar-refractivity contribution >= 4 is 33.0 Å². The van der Waals surface area contributed by atoms with E-state index >= 15 is 0 Å². The topological polar surface area (TPSA) is 76.0 Å². The molecule has 3 rings (SSSR count). The van der Waals surface area contributed by atoms with Gasteiger partial charge in [-0.3, -0.25) is 0 Å². The standard InChI is InChI=1S/C22H20N2O4S/c1-17-7-11-21(12-8-17)29(26,27)24(14-13-22(25)28-2)23-16-18-9-10-19-5-3-4-6-20(19)15-18/h3-16H,1-2H3/b14-13-,23-16+. The molecule has 0 atom stereocenters. The largest absolute Gasteiger partial charge is 0.466 e. The monoisotopic (exact) mass is 408 g/mol. The minimum atomic E-state index is -3.99. The highest BCUT2D eigenvalue weighted by Gasteiger charge is 2.21. The highest BCUT2D eigenvalue weighted by atomic mass is 32.2. The molecule has 148 valence electrons. The molecule has 0 saturated heterocycles. The molecule has 7 heteroatoms. The number of hydrogen-bond donors (Lipinski definition) is 0. The summed E-state index contributed by atoms with van der Waals surface area (Å²) in [6.45, 7) is 1.86. The zero-order valence-electron chi connectivity index (χ0n) is 16.0. The lowest BCUT2D eigenvalue weighted by atomic mass is 10.1. The molecular weight excluding hydrogens is 388 g/mol. The van der Waals surface area contributed by atoms with Crippen LogP contribution in [0.15, 0.2) is 89.0 Å². The van der Waals surface area contributed by atoms with Crippen LogP contribution in [-0.2, 0) is 19.6 Å². The van der Waals surface area contributed by atoms with Crippen molar-refractivity contribution in [1.82, 2.24) is 4.41 Å². The van der Waals surface area contributed by atoms with Gasteiger partial charge in [0, 0.05) is 12.3 Å². The van der Waals surface area contributed by atoms with Crippen molar-refractivity contribution in [2.24, 2.45) is 5.10 Å². The summed E-state index contributed by atoms with van der Waals surface area (Å²) in [4.78, 5) is 11.5. The first-order valence-electron chi connectivity index (χ1n) is 8.80. The lowest BCUT2D eigenvalue weighted by Gasteiger charge is -2.15. The van der Waals surface area contributed by atoms with Gasteiger partial charge in [-0.15, -0.1) is 0 Å². The van der Waals surface area contributed by atoms with E-state index in [1.165, 1.54) is 25.5 Å². The van der Waals surface area contributed by atoms with E-state index < -0.39 is 16.0 Å². The summed E-state index contributed by atoms with van der Waals surface area (Å²) in [5, 5.41) is 6.18. The number of methoxy groups -OCH3 is 1. The minimum absolute atomic E-state index is 0.0632. The van der Waals surface area contributed by atoms with Crippen molar-refractivity contribution in [3.05, 3.63) is 90.1 Å². The molecule has 0 amide bonds. The molecule has 0 saturated carbocycles. The Morgan fingerprint density at radius 2 is 1.69 bits per heavy atom. The summed E-state index contributed by atoms with van der Waals surface area (Å²) < 4.78 is 31.3. The van der Waals surface area contributed by atoms with E-state index in [0.29, 0.717) is 0 Å².